The third-order valence-electron chi connectivity index (χ3n) is 2.89. The van der Waals surface area contributed by atoms with E-state index in [2.05, 4.69) is 10.3 Å². The fourth-order valence-electron chi connectivity index (χ4n) is 1.80. The first-order valence-corrected chi connectivity index (χ1v) is 5.93. The van der Waals surface area contributed by atoms with Gasteiger partial charge in [-0.15, -0.1) is 0 Å². The van der Waals surface area contributed by atoms with E-state index < -0.39 is 5.91 Å². The molecule has 1 heterocycles. The number of nitrogens with two attached hydrogens (primary N) is 2. The molecule has 0 aliphatic rings. The molecule has 98 valence electrons. The molecule has 5 heteroatoms. The van der Waals surface area contributed by atoms with Crippen LogP contribution in [0.4, 0.5) is 11.4 Å². The van der Waals surface area contributed by atoms with E-state index in [1.165, 1.54) is 0 Å². The summed E-state index contributed by atoms with van der Waals surface area (Å²) in [5.41, 5.74) is 13.8. The Balaban J connectivity index is 2.18. The van der Waals surface area contributed by atoms with E-state index >= 15 is 0 Å². The van der Waals surface area contributed by atoms with Gasteiger partial charge in [-0.05, 0) is 36.8 Å². The van der Waals surface area contributed by atoms with Gasteiger partial charge in [0.1, 0.15) is 0 Å². The summed E-state index contributed by atoms with van der Waals surface area (Å²) >= 11 is 0. The van der Waals surface area contributed by atoms with Crippen molar-refractivity contribution in [2.45, 2.75) is 13.0 Å². The Morgan fingerprint density at radius 2 is 2.16 bits per heavy atom. The Hall–Kier alpha value is -2.56. The Morgan fingerprint density at radius 3 is 2.74 bits per heavy atom. The van der Waals surface area contributed by atoms with E-state index in [4.69, 9.17) is 11.5 Å². The number of hydrogen-bond acceptors (Lipinski definition) is 4. The maximum atomic E-state index is 11.0. The fourth-order valence-corrected chi connectivity index (χ4v) is 1.80. The van der Waals surface area contributed by atoms with E-state index in [0.717, 1.165) is 11.3 Å². The Labute approximate surface area is 111 Å². The fraction of sp³-hybridized carbons (Fsp3) is 0.143. The predicted molar refractivity (Wildman–Crippen MR) is 75.6 cm³/mol. The van der Waals surface area contributed by atoms with Crippen molar-refractivity contribution in [3.63, 3.8) is 0 Å². The van der Waals surface area contributed by atoms with Crippen LogP contribution in [0.3, 0.4) is 0 Å². The molecular formula is C14H16N4O. The zero-order chi connectivity index (χ0) is 13.8. The third kappa shape index (κ3) is 3.01. The number of anilines is 2. The number of nitrogens with one attached hydrogen (secondary N) is 1. The van der Waals surface area contributed by atoms with Gasteiger partial charge in [-0.1, -0.05) is 6.07 Å². The number of benzene rings is 1. The number of hydrogen-bond donors (Lipinski definition) is 3. The molecule has 0 aliphatic heterocycles. The lowest BCUT2D eigenvalue weighted by Crippen LogP contribution is -2.13. The molecule has 5 nitrogen and oxygen atoms in total. The second-order valence-corrected chi connectivity index (χ2v) is 4.32. The lowest BCUT2D eigenvalue weighted by molar-refractivity contribution is 0.100. The highest BCUT2D eigenvalue weighted by Gasteiger charge is 2.09. The van der Waals surface area contributed by atoms with Gasteiger partial charge in [-0.25, -0.2) is 0 Å². The number of rotatable bonds is 4. The van der Waals surface area contributed by atoms with E-state index in [-0.39, 0.29) is 6.04 Å². The lowest BCUT2D eigenvalue weighted by atomic mass is 10.1. The molecule has 0 saturated carbocycles. The Kier molecular flexibility index (Phi) is 3.66. The molecule has 1 atom stereocenters. The molecule has 2 rings (SSSR count). The van der Waals surface area contributed by atoms with Crippen LogP contribution < -0.4 is 16.8 Å². The van der Waals surface area contributed by atoms with Crippen molar-refractivity contribution in [1.82, 2.24) is 4.98 Å². The molecule has 0 spiro atoms. The summed E-state index contributed by atoms with van der Waals surface area (Å²) in [6, 6.07) is 8.90. The van der Waals surface area contributed by atoms with E-state index in [1.54, 1.807) is 30.6 Å². The van der Waals surface area contributed by atoms with Crippen LogP contribution in [0.25, 0.3) is 0 Å². The number of primary amides is 1. The summed E-state index contributed by atoms with van der Waals surface area (Å²) in [7, 11) is 0. The van der Waals surface area contributed by atoms with Crippen LogP contribution >= 0.6 is 0 Å². The van der Waals surface area contributed by atoms with Crippen molar-refractivity contribution >= 4 is 17.3 Å². The van der Waals surface area contributed by atoms with E-state index in [1.807, 2.05) is 19.1 Å². The average Bonchev–Trinajstić information content (AvgIpc) is 2.41. The van der Waals surface area contributed by atoms with Crippen LogP contribution in [0.15, 0.2) is 42.7 Å². The van der Waals surface area contributed by atoms with Gasteiger partial charge in [0.05, 0.1) is 17.4 Å². The highest BCUT2D eigenvalue weighted by molar-refractivity contribution is 5.94. The normalized spacial score (nSPS) is 11.8. The second kappa shape index (κ2) is 5.39. The van der Waals surface area contributed by atoms with Crippen LogP contribution in [-0.4, -0.2) is 10.9 Å². The molecule has 0 radical (unpaired) electrons. The molecule has 0 bridgehead atoms. The molecule has 1 amide bonds. The number of carbonyl (C=O) groups is 1. The lowest BCUT2D eigenvalue weighted by Gasteiger charge is -2.17. The summed E-state index contributed by atoms with van der Waals surface area (Å²) in [6.07, 6.45) is 3.53. The largest absolute Gasteiger partial charge is 0.397 e. The molecule has 1 unspecified atom stereocenters. The summed E-state index contributed by atoms with van der Waals surface area (Å²) in [5, 5.41) is 3.28. The molecule has 5 N–H and O–H groups in total. The summed E-state index contributed by atoms with van der Waals surface area (Å²) in [6.45, 7) is 2.01. The monoisotopic (exact) mass is 256 g/mol. The topological polar surface area (TPSA) is 94.0 Å². The van der Waals surface area contributed by atoms with Crippen LogP contribution in [0, 0.1) is 0 Å². The van der Waals surface area contributed by atoms with Gasteiger partial charge < -0.3 is 16.8 Å². The molecule has 1 aromatic carbocycles. The number of aromatic nitrogens is 1. The molecule has 0 aliphatic carbocycles. The minimum Gasteiger partial charge on any atom is -0.397 e. The van der Waals surface area contributed by atoms with Crippen molar-refractivity contribution in [2.75, 3.05) is 11.1 Å². The van der Waals surface area contributed by atoms with Crippen molar-refractivity contribution in [2.24, 2.45) is 5.73 Å². The summed E-state index contributed by atoms with van der Waals surface area (Å²) < 4.78 is 0. The Morgan fingerprint density at radius 1 is 1.37 bits per heavy atom. The molecule has 1 aromatic heterocycles. The minimum atomic E-state index is -0.487. The summed E-state index contributed by atoms with van der Waals surface area (Å²) in [4.78, 5) is 15.1. The predicted octanol–water partition coefficient (Wildman–Crippen LogP) is 1.94. The Bertz CT molecular complexity index is 583. The second-order valence-electron chi connectivity index (χ2n) is 4.32. The molecule has 0 saturated heterocycles. The van der Waals surface area contributed by atoms with E-state index in [0.29, 0.717) is 11.3 Å². The first-order valence-electron chi connectivity index (χ1n) is 5.93. The quantitative estimate of drug-likeness (QED) is 0.728. The van der Waals surface area contributed by atoms with Gasteiger partial charge >= 0.3 is 0 Å². The minimum absolute atomic E-state index is 0.0652. The number of pyridine rings is 1. The van der Waals surface area contributed by atoms with Crippen LogP contribution in [-0.2, 0) is 0 Å². The molecule has 19 heavy (non-hydrogen) atoms. The van der Waals surface area contributed by atoms with Crippen LogP contribution in [0.1, 0.15) is 28.9 Å². The third-order valence-corrected chi connectivity index (χ3v) is 2.89. The van der Waals surface area contributed by atoms with E-state index in [9.17, 15) is 4.79 Å². The van der Waals surface area contributed by atoms with Crippen molar-refractivity contribution < 1.29 is 4.79 Å². The number of nitrogens with zero attached hydrogens (tertiary/aromatic N) is 1. The molecule has 0 fully saturated rings. The van der Waals surface area contributed by atoms with Crippen molar-refractivity contribution in [3.8, 4) is 0 Å². The van der Waals surface area contributed by atoms with Crippen molar-refractivity contribution in [1.29, 1.82) is 0 Å². The first kappa shape index (κ1) is 12.9. The zero-order valence-corrected chi connectivity index (χ0v) is 10.6. The van der Waals surface area contributed by atoms with Gasteiger partial charge in [0, 0.05) is 18.0 Å². The van der Waals surface area contributed by atoms with Gasteiger partial charge in [-0.2, -0.15) is 0 Å². The van der Waals surface area contributed by atoms with Gasteiger partial charge in [-0.3, -0.25) is 9.78 Å². The molecular weight excluding hydrogens is 240 g/mol. The number of nitrogen functional groups attached to an aromatic ring is 1. The van der Waals surface area contributed by atoms with Gasteiger partial charge in [0.15, 0.2) is 0 Å². The highest BCUT2D eigenvalue weighted by Crippen LogP contribution is 2.24. The number of carbonyl (C=O) groups excluding carboxylic acids is 1. The standard InChI is InChI=1S/C14H16N4O/c1-9(11-3-2-6-17-8-11)18-13-5-4-10(14(16)19)7-12(13)15/h2-9,18H,15H2,1H3,(H2,16,19). The molecule has 2 aromatic rings. The first-order chi connectivity index (χ1) is 9.08. The number of amides is 1. The zero-order valence-electron chi connectivity index (χ0n) is 10.6. The smallest absolute Gasteiger partial charge is 0.248 e. The van der Waals surface area contributed by atoms with Gasteiger partial charge in [0.25, 0.3) is 0 Å². The van der Waals surface area contributed by atoms with Crippen LogP contribution in [0.2, 0.25) is 0 Å². The van der Waals surface area contributed by atoms with Crippen molar-refractivity contribution in [3.05, 3.63) is 53.9 Å². The highest BCUT2D eigenvalue weighted by atomic mass is 16.1. The maximum Gasteiger partial charge on any atom is 0.248 e. The van der Waals surface area contributed by atoms with Crippen LogP contribution in [0.5, 0.6) is 0 Å². The summed E-state index contributed by atoms with van der Waals surface area (Å²) in [5.74, 6) is -0.487. The SMILES string of the molecule is CC(Nc1ccc(C(N)=O)cc1N)c1cccnc1. The average molecular weight is 256 g/mol. The van der Waals surface area contributed by atoms with Gasteiger partial charge in [0.2, 0.25) is 5.91 Å². The maximum absolute atomic E-state index is 11.0.